The maximum absolute atomic E-state index is 12.2. The first kappa shape index (κ1) is 18.2. The van der Waals surface area contributed by atoms with Gasteiger partial charge in [-0.15, -0.1) is 0 Å². The van der Waals surface area contributed by atoms with Gasteiger partial charge in [-0.3, -0.25) is 14.5 Å². The third kappa shape index (κ3) is 4.35. The number of benzene rings is 2. The smallest absolute Gasteiger partial charge is 0.265 e. The summed E-state index contributed by atoms with van der Waals surface area (Å²) in [6.45, 7) is 1.95. The molecule has 0 saturated carbocycles. The molecule has 140 valence electrons. The molecule has 2 aromatic carbocycles. The van der Waals surface area contributed by atoms with Gasteiger partial charge in [0.15, 0.2) is 18.1 Å². The number of carbonyl (C=O) groups excluding carboxylic acids is 2. The molecule has 1 aliphatic rings. The number of phenolic OH excluding ortho intramolecular Hbond substituents is 1. The van der Waals surface area contributed by atoms with Crippen molar-refractivity contribution in [3.05, 3.63) is 48.0 Å². The van der Waals surface area contributed by atoms with Crippen molar-refractivity contribution in [3.8, 4) is 17.2 Å². The molecular weight excluding hydrogens is 350 g/mol. The van der Waals surface area contributed by atoms with Crippen LogP contribution in [0.5, 0.6) is 17.2 Å². The largest absolute Gasteiger partial charge is 0.504 e. The van der Waals surface area contributed by atoms with E-state index in [2.05, 4.69) is 10.5 Å². The number of para-hydroxylation sites is 2. The van der Waals surface area contributed by atoms with E-state index in [0.29, 0.717) is 29.4 Å². The highest BCUT2D eigenvalue weighted by Gasteiger charge is 2.26. The lowest BCUT2D eigenvalue weighted by molar-refractivity contribution is -0.125. The third-order valence-corrected chi connectivity index (χ3v) is 3.80. The number of aromatic hydroxyl groups is 1. The molecule has 27 heavy (non-hydrogen) atoms. The molecule has 2 N–H and O–H groups in total. The van der Waals surface area contributed by atoms with Gasteiger partial charge in [0.2, 0.25) is 0 Å². The molecule has 1 heterocycles. The predicted octanol–water partition coefficient (Wildman–Crippen LogP) is 1.67. The van der Waals surface area contributed by atoms with Gasteiger partial charge in [0, 0.05) is 0 Å². The number of rotatable bonds is 6. The summed E-state index contributed by atoms with van der Waals surface area (Å²) in [5, 5.41) is 13.6. The lowest BCUT2D eigenvalue weighted by atomic mass is 10.2. The summed E-state index contributed by atoms with van der Waals surface area (Å²) in [6, 6.07) is 11.7. The van der Waals surface area contributed by atoms with Gasteiger partial charge >= 0.3 is 0 Å². The lowest BCUT2D eigenvalue weighted by Gasteiger charge is -2.28. The Morgan fingerprint density at radius 2 is 2.19 bits per heavy atom. The van der Waals surface area contributed by atoms with Gasteiger partial charge in [-0.2, -0.15) is 5.10 Å². The Balaban J connectivity index is 1.62. The molecule has 2 aromatic rings. The van der Waals surface area contributed by atoms with Crippen LogP contribution in [0.3, 0.4) is 0 Å². The standard InChI is InChI=1S/C19H19N3O5/c1-2-26-17-9-13(7-8-15(17)23)10-20-21-18(24)11-22-14-5-3-4-6-16(14)27-12-19(22)25/h3-10,23H,2,11-12H2,1H3,(H,21,24)/b20-10+. The van der Waals surface area contributed by atoms with Crippen LogP contribution in [0.15, 0.2) is 47.6 Å². The minimum absolute atomic E-state index is 0.0301. The second-order valence-electron chi connectivity index (χ2n) is 5.69. The van der Waals surface area contributed by atoms with Gasteiger partial charge in [-0.25, -0.2) is 5.43 Å². The Hall–Kier alpha value is -3.55. The summed E-state index contributed by atoms with van der Waals surface area (Å²) in [4.78, 5) is 25.6. The van der Waals surface area contributed by atoms with Crippen molar-refractivity contribution in [2.24, 2.45) is 5.10 Å². The fraction of sp³-hybridized carbons (Fsp3) is 0.211. The van der Waals surface area contributed by atoms with Gasteiger partial charge in [-0.1, -0.05) is 12.1 Å². The molecule has 1 aliphatic heterocycles. The number of carbonyl (C=O) groups is 2. The van der Waals surface area contributed by atoms with Crippen LogP contribution in [-0.2, 0) is 9.59 Å². The fourth-order valence-corrected chi connectivity index (χ4v) is 2.57. The third-order valence-electron chi connectivity index (χ3n) is 3.80. The molecule has 0 atom stereocenters. The first-order valence-corrected chi connectivity index (χ1v) is 8.38. The quantitative estimate of drug-likeness (QED) is 0.596. The number of nitrogens with one attached hydrogen (secondary N) is 1. The summed E-state index contributed by atoms with van der Waals surface area (Å²) in [6.07, 6.45) is 1.43. The van der Waals surface area contributed by atoms with Crippen molar-refractivity contribution in [2.75, 3.05) is 24.7 Å². The van der Waals surface area contributed by atoms with Crippen LogP contribution in [0.4, 0.5) is 5.69 Å². The van der Waals surface area contributed by atoms with E-state index in [1.165, 1.54) is 17.2 Å². The van der Waals surface area contributed by atoms with Crippen LogP contribution in [0, 0.1) is 0 Å². The number of fused-ring (bicyclic) bond motifs is 1. The molecule has 0 radical (unpaired) electrons. The number of nitrogens with zero attached hydrogens (tertiary/aromatic N) is 2. The van der Waals surface area contributed by atoms with Gasteiger partial charge in [0.05, 0.1) is 18.5 Å². The average Bonchev–Trinajstić information content (AvgIpc) is 2.67. The van der Waals surface area contributed by atoms with E-state index in [-0.39, 0.29) is 24.8 Å². The predicted molar refractivity (Wildman–Crippen MR) is 99.3 cm³/mol. The molecule has 8 heteroatoms. The molecule has 0 spiro atoms. The zero-order valence-electron chi connectivity index (χ0n) is 14.7. The van der Waals surface area contributed by atoms with Crippen molar-refractivity contribution in [1.29, 1.82) is 0 Å². The van der Waals surface area contributed by atoms with Crippen molar-refractivity contribution < 1.29 is 24.2 Å². The van der Waals surface area contributed by atoms with E-state index in [9.17, 15) is 14.7 Å². The first-order chi connectivity index (χ1) is 13.1. The molecule has 3 rings (SSSR count). The average molecular weight is 369 g/mol. The van der Waals surface area contributed by atoms with Crippen molar-refractivity contribution in [1.82, 2.24) is 5.43 Å². The Morgan fingerprint density at radius 1 is 1.37 bits per heavy atom. The number of phenols is 1. The van der Waals surface area contributed by atoms with E-state index in [0.717, 1.165) is 0 Å². The Bertz CT molecular complexity index is 881. The van der Waals surface area contributed by atoms with Gasteiger partial charge in [0.25, 0.3) is 11.8 Å². The number of amides is 2. The maximum Gasteiger partial charge on any atom is 0.265 e. The minimum atomic E-state index is -0.444. The topological polar surface area (TPSA) is 100 Å². The molecule has 0 unspecified atom stereocenters. The van der Waals surface area contributed by atoms with Crippen LogP contribution >= 0.6 is 0 Å². The molecule has 0 saturated heterocycles. The first-order valence-electron chi connectivity index (χ1n) is 8.38. The number of ether oxygens (including phenoxy) is 2. The molecule has 0 bridgehead atoms. The number of hydrogen-bond donors (Lipinski definition) is 2. The highest BCUT2D eigenvalue weighted by molar-refractivity contribution is 6.02. The Kier molecular flexibility index (Phi) is 5.55. The number of anilines is 1. The van der Waals surface area contributed by atoms with Gasteiger partial charge in [-0.05, 0) is 42.8 Å². The van der Waals surface area contributed by atoms with E-state index in [4.69, 9.17) is 9.47 Å². The summed E-state index contributed by atoms with van der Waals surface area (Å²) in [7, 11) is 0. The number of hydrogen-bond acceptors (Lipinski definition) is 6. The molecule has 0 aromatic heterocycles. The van der Waals surface area contributed by atoms with Crippen LogP contribution in [0.25, 0.3) is 0 Å². The molecule has 0 aliphatic carbocycles. The summed E-state index contributed by atoms with van der Waals surface area (Å²) in [5.41, 5.74) is 3.58. The van der Waals surface area contributed by atoms with E-state index >= 15 is 0 Å². The zero-order valence-corrected chi connectivity index (χ0v) is 14.7. The van der Waals surface area contributed by atoms with Crippen LogP contribution in [0.2, 0.25) is 0 Å². The highest BCUT2D eigenvalue weighted by atomic mass is 16.5. The van der Waals surface area contributed by atoms with Crippen LogP contribution < -0.4 is 19.8 Å². The molecule has 2 amide bonds. The van der Waals surface area contributed by atoms with Crippen molar-refractivity contribution >= 4 is 23.7 Å². The second-order valence-corrected chi connectivity index (χ2v) is 5.69. The fourth-order valence-electron chi connectivity index (χ4n) is 2.57. The van der Waals surface area contributed by atoms with Crippen LogP contribution in [0.1, 0.15) is 12.5 Å². The van der Waals surface area contributed by atoms with Gasteiger partial charge < -0.3 is 14.6 Å². The maximum atomic E-state index is 12.2. The minimum Gasteiger partial charge on any atom is -0.504 e. The Morgan fingerprint density at radius 3 is 3.00 bits per heavy atom. The van der Waals surface area contributed by atoms with E-state index < -0.39 is 5.91 Å². The van der Waals surface area contributed by atoms with E-state index in [1.807, 2.05) is 6.92 Å². The normalized spacial score (nSPS) is 13.2. The molecule has 0 fully saturated rings. The summed E-state index contributed by atoms with van der Waals surface area (Å²) in [5.74, 6) is 0.180. The Labute approximate surface area is 156 Å². The molecular formula is C19H19N3O5. The highest BCUT2D eigenvalue weighted by Crippen LogP contribution is 2.31. The second kappa shape index (κ2) is 8.22. The number of hydrazone groups is 1. The zero-order chi connectivity index (χ0) is 19.2. The summed E-state index contributed by atoms with van der Waals surface area (Å²) < 4.78 is 10.6. The van der Waals surface area contributed by atoms with E-state index in [1.54, 1.807) is 36.4 Å². The van der Waals surface area contributed by atoms with Crippen LogP contribution in [-0.4, -0.2) is 42.9 Å². The molecule has 8 nitrogen and oxygen atoms in total. The van der Waals surface area contributed by atoms with Gasteiger partial charge in [0.1, 0.15) is 12.3 Å². The lowest BCUT2D eigenvalue weighted by Crippen LogP contribution is -2.44. The SMILES string of the molecule is CCOc1cc(/C=N/NC(=O)CN2C(=O)COc3ccccc32)ccc1O. The summed E-state index contributed by atoms with van der Waals surface area (Å²) >= 11 is 0. The van der Waals surface area contributed by atoms with Crippen molar-refractivity contribution in [3.63, 3.8) is 0 Å². The monoisotopic (exact) mass is 369 g/mol. The van der Waals surface area contributed by atoms with Crippen molar-refractivity contribution in [2.45, 2.75) is 6.92 Å².